The Balaban J connectivity index is 1.68. The summed E-state index contributed by atoms with van der Waals surface area (Å²) in [6.07, 6.45) is 3.89. The number of nitrogens with zero attached hydrogens (tertiary/aromatic N) is 4. The molecule has 1 aliphatic heterocycles. The number of halogens is 1. The number of hydrogen-bond donors (Lipinski definition) is 0. The van der Waals surface area contributed by atoms with E-state index >= 15 is 0 Å². The quantitative estimate of drug-likeness (QED) is 0.851. The Kier molecular flexibility index (Phi) is 4.85. The lowest BCUT2D eigenvalue weighted by Crippen LogP contribution is -2.35. The molecule has 1 aliphatic rings. The van der Waals surface area contributed by atoms with E-state index < -0.39 is 0 Å². The zero-order valence-corrected chi connectivity index (χ0v) is 14.4. The standard InChI is InChI=1S/C17H19ClN4O2/c1-21(17-19-9-13(24-2)10-20-17)16(23)12-7-8-22(11-12)15-6-4-3-5-14(15)18/h3-6,9-10,12H,7-8,11H2,1-2H3/t12-/m1/s1. The second-order valence-electron chi connectivity index (χ2n) is 5.70. The summed E-state index contributed by atoms with van der Waals surface area (Å²) in [5, 5.41) is 0.706. The zero-order chi connectivity index (χ0) is 17.1. The topological polar surface area (TPSA) is 58.6 Å². The largest absolute Gasteiger partial charge is 0.494 e. The lowest BCUT2D eigenvalue weighted by Gasteiger charge is -2.22. The second-order valence-corrected chi connectivity index (χ2v) is 6.11. The molecule has 1 aromatic heterocycles. The summed E-state index contributed by atoms with van der Waals surface area (Å²) in [6, 6.07) is 7.70. The number of anilines is 2. The van der Waals surface area contributed by atoms with E-state index in [1.807, 2.05) is 24.3 Å². The van der Waals surface area contributed by atoms with Crippen molar-refractivity contribution in [3.8, 4) is 5.75 Å². The van der Waals surface area contributed by atoms with Gasteiger partial charge in [-0.2, -0.15) is 0 Å². The molecular formula is C17H19ClN4O2. The first-order valence-electron chi connectivity index (χ1n) is 7.73. The minimum atomic E-state index is -0.100. The Bertz CT molecular complexity index is 723. The maximum Gasteiger partial charge on any atom is 0.234 e. The van der Waals surface area contributed by atoms with Crippen molar-refractivity contribution in [2.75, 3.05) is 37.0 Å². The zero-order valence-electron chi connectivity index (χ0n) is 13.6. The molecule has 1 amide bonds. The average molecular weight is 347 g/mol. The minimum Gasteiger partial charge on any atom is -0.494 e. The van der Waals surface area contributed by atoms with Crippen LogP contribution in [0.1, 0.15) is 6.42 Å². The normalized spacial score (nSPS) is 17.0. The molecule has 2 heterocycles. The Hall–Kier alpha value is -2.34. The van der Waals surface area contributed by atoms with Gasteiger partial charge in [0, 0.05) is 20.1 Å². The van der Waals surface area contributed by atoms with Gasteiger partial charge in [-0.15, -0.1) is 0 Å². The van der Waals surface area contributed by atoms with Gasteiger partial charge in [-0.25, -0.2) is 9.97 Å². The fraction of sp³-hybridized carbons (Fsp3) is 0.353. The summed E-state index contributed by atoms with van der Waals surface area (Å²) in [5.74, 6) is 0.842. The number of carbonyl (C=O) groups excluding carboxylic acids is 1. The maximum absolute atomic E-state index is 12.7. The molecule has 0 saturated carbocycles. The lowest BCUT2D eigenvalue weighted by molar-refractivity contribution is -0.121. The first-order valence-corrected chi connectivity index (χ1v) is 8.11. The summed E-state index contributed by atoms with van der Waals surface area (Å²) >= 11 is 6.25. The maximum atomic E-state index is 12.7. The summed E-state index contributed by atoms with van der Waals surface area (Å²) in [4.78, 5) is 24.7. The highest BCUT2D eigenvalue weighted by molar-refractivity contribution is 6.33. The van der Waals surface area contributed by atoms with Gasteiger partial charge in [0.05, 0.1) is 36.1 Å². The van der Waals surface area contributed by atoms with Crippen LogP contribution in [0.3, 0.4) is 0 Å². The van der Waals surface area contributed by atoms with E-state index in [9.17, 15) is 4.79 Å². The number of benzene rings is 1. The van der Waals surface area contributed by atoms with Crippen molar-refractivity contribution < 1.29 is 9.53 Å². The van der Waals surface area contributed by atoms with E-state index in [0.717, 1.165) is 18.7 Å². The Morgan fingerprint density at radius 2 is 2.04 bits per heavy atom. The van der Waals surface area contributed by atoms with Gasteiger partial charge in [-0.1, -0.05) is 23.7 Å². The molecule has 1 fully saturated rings. The minimum absolute atomic E-state index is 0.00900. The lowest BCUT2D eigenvalue weighted by atomic mass is 10.1. The van der Waals surface area contributed by atoms with Crippen LogP contribution in [0.2, 0.25) is 5.02 Å². The van der Waals surface area contributed by atoms with Crippen molar-refractivity contribution in [2.45, 2.75) is 6.42 Å². The van der Waals surface area contributed by atoms with E-state index in [0.29, 0.717) is 23.3 Å². The molecule has 24 heavy (non-hydrogen) atoms. The molecule has 7 heteroatoms. The molecule has 1 saturated heterocycles. The van der Waals surface area contributed by atoms with Crippen LogP contribution in [-0.2, 0) is 4.79 Å². The van der Waals surface area contributed by atoms with Gasteiger partial charge in [0.2, 0.25) is 11.9 Å². The van der Waals surface area contributed by atoms with Crippen LogP contribution in [0.15, 0.2) is 36.7 Å². The summed E-state index contributed by atoms with van der Waals surface area (Å²) in [5.41, 5.74) is 0.970. The monoisotopic (exact) mass is 346 g/mol. The summed E-state index contributed by atoms with van der Waals surface area (Å²) in [6.45, 7) is 1.44. The van der Waals surface area contributed by atoms with Crippen LogP contribution in [0.4, 0.5) is 11.6 Å². The number of rotatable bonds is 4. The molecule has 0 spiro atoms. The van der Waals surface area contributed by atoms with Gasteiger partial charge in [-0.05, 0) is 18.6 Å². The molecule has 1 atom stereocenters. The van der Waals surface area contributed by atoms with Gasteiger partial charge in [0.25, 0.3) is 0 Å². The number of hydrogen-bond acceptors (Lipinski definition) is 5. The average Bonchev–Trinajstić information content (AvgIpc) is 3.11. The highest BCUT2D eigenvalue weighted by Gasteiger charge is 2.32. The molecule has 2 aromatic rings. The van der Waals surface area contributed by atoms with Crippen molar-refractivity contribution in [2.24, 2.45) is 5.92 Å². The fourth-order valence-corrected chi connectivity index (χ4v) is 3.10. The van der Waals surface area contributed by atoms with Gasteiger partial charge < -0.3 is 9.64 Å². The van der Waals surface area contributed by atoms with Crippen molar-refractivity contribution in [3.05, 3.63) is 41.7 Å². The molecule has 1 aromatic carbocycles. The van der Waals surface area contributed by atoms with Gasteiger partial charge >= 0.3 is 0 Å². The number of amides is 1. The Morgan fingerprint density at radius 1 is 1.33 bits per heavy atom. The number of methoxy groups -OCH3 is 1. The van der Waals surface area contributed by atoms with Crippen molar-refractivity contribution in [1.82, 2.24) is 9.97 Å². The van der Waals surface area contributed by atoms with E-state index in [-0.39, 0.29) is 11.8 Å². The van der Waals surface area contributed by atoms with Crippen LogP contribution >= 0.6 is 11.6 Å². The van der Waals surface area contributed by atoms with Crippen LogP contribution in [-0.4, -0.2) is 43.1 Å². The van der Waals surface area contributed by atoms with Gasteiger partial charge in [0.15, 0.2) is 5.75 Å². The Labute approximate surface area is 146 Å². The summed E-state index contributed by atoms with van der Waals surface area (Å²) in [7, 11) is 3.25. The highest BCUT2D eigenvalue weighted by atomic mass is 35.5. The van der Waals surface area contributed by atoms with E-state index in [2.05, 4.69) is 14.9 Å². The number of para-hydroxylation sites is 1. The van der Waals surface area contributed by atoms with Crippen LogP contribution in [0.25, 0.3) is 0 Å². The molecule has 0 bridgehead atoms. The molecule has 0 unspecified atom stereocenters. The third-order valence-electron chi connectivity index (χ3n) is 4.21. The first kappa shape index (κ1) is 16.5. The van der Waals surface area contributed by atoms with Crippen molar-refractivity contribution in [1.29, 1.82) is 0 Å². The molecule has 126 valence electrons. The predicted molar refractivity (Wildman–Crippen MR) is 93.8 cm³/mol. The highest BCUT2D eigenvalue weighted by Crippen LogP contribution is 2.31. The van der Waals surface area contributed by atoms with Gasteiger partial charge in [-0.3, -0.25) is 9.69 Å². The number of aromatic nitrogens is 2. The predicted octanol–water partition coefficient (Wildman–Crippen LogP) is 2.63. The molecule has 0 aliphatic carbocycles. The third-order valence-corrected chi connectivity index (χ3v) is 4.53. The van der Waals surface area contributed by atoms with E-state index in [1.54, 1.807) is 26.6 Å². The number of ether oxygens (including phenoxy) is 1. The summed E-state index contributed by atoms with van der Waals surface area (Å²) < 4.78 is 5.04. The SMILES string of the molecule is COc1cnc(N(C)C(=O)[C@@H]2CCN(c3ccccc3Cl)C2)nc1. The fourth-order valence-electron chi connectivity index (χ4n) is 2.85. The van der Waals surface area contributed by atoms with Gasteiger partial charge in [0.1, 0.15) is 0 Å². The van der Waals surface area contributed by atoms with Crippen molar-refractivity contribution >= 4 is 29.1 Å². The van der Waals surface area contributed by atoms with E-state index in [4.69, 9.17) is 16.3 Å². The van der Waals surface area contributed by atoms with Crippen molar-refractivity contribution in [3.63, 3.8) is 0 Å². The molecule has 6 nitrogen and oxygen atoms in total. The van der Waals surface area contributed by atoms with E-state index in [1.165, 1.54) is 4.90 Å². The van der Waals surface area contributed by atoms with Crippen LogP contribution in [0, 0.1) is 5.92 Å². The molecule has 0 N–H and O–H groups in total. The second kappa shape index (κ2) is 7.05. The smallest absolute Gasteiger partial charge is 0.234 e. The molecule has 3 rings (SSSR count). The molecular weight excluding hydrogens is 328 g/mol. The number of carbonyl (C=O) groups is 1. The van der Waals surface area contributed by atoms with Crippen LogP contribution in [0.5, 0.6) is 5.75 Å². The Morgan fingerprint density at radius 3 is 2.71 bits per heavy atom. The first-order chi connectivity index (χ1) is 11.6. The van der Waals surface area contributed by atoms with Crippen LogP contribution < -0.4 is 14.5 Å². The third kappa shape index (κ3) is 3.28. The molecule has 0 radical (unpaired) electrons.